The third-order valence-electron chi connectivity index (χ3n) is 5.17. The second-order valence-corrected chi connectivity index (χ2v) is 8.03. The highest BCUT2D eigenvalue weighted by Gasteiger charge is 2.34. The molecule has 1 unspecified atom stereocenters. The number of aromatic nitrogens is 1. The zero-order valence-corrected chi connectivity index (χ0v) is 17.2. The molecular weight excluding hydrogens is 386 g/mol. The van der Waals surface area contributed by atoms with Crippen molar-refractivity contribution in [3.05, 3.63) is 60.3 Å². The summed E-state index contributed by atoms with van der Waals surface area (Å²) in [6, 6.07) is 16.8. The number of methoxy groups -OCH3 is 1. The van der Waals surface area contributed by atoms with Crippen LogP contribution in [0.1, 0.15) is 5.69 Å². The second-order valence-electron chi connectivity index (χ2n) is 7.03. The predicted molar refractivity (Wildman–Crippen MR) is 116 cm³/mol. The number of nitrogens with one attached hydrogen (secondary N) is 1. The van der Waals surface area contributed by atoms with Crippen LogP contribution in [0.3, 0.4) is 0 Å². The van der Waals surface area contributed by atoms with Crippen molar-refractivity contribution in [3.8, 4) is 5.75 Å². The molecule has 2 aromatic carbocycles. The lowest BCUT2D eigenvalue weighted by atomic mass is 10.2. The Balaban J connectivity index is 1.47. The van der Waals surface area contributed by atoms with E-state index in [1.807, 2.05) is 35.8 Å². The fourth-order valence-corrected chi connectivity index (χ4v) is 4.77. The number of carbonyl (C=O) groups excluding carboxylic acids is 2. The van der Waals surface area contributed by atoms with E-state index in [4.69, 9.17) is 4.74 Å². The Morgan fingerprint density at radius 2 is 1.93 bits per heavy atom. The number of benzene rings is 2. The average molecular weight is 410 g/mol. The molecule has 2 amide bonds. The van der Waals surface area contributed by atoms with E-state index in [9.17, 15) is 9.59 Å². The Morgan fingerprint density at radius 1 is 1.17 bits per heavy atom. The molecule has 7 heteroatoms. The topological polar surface area (TPSA) is 63.6 Å². The third kappa shape index (κ3) is 3.96. The molecule has 0 spiro atoms. The highest BCUT2D eigenvalue weighted by molar-refractivity contribution is 7.99. The number of thioether (sulfide) groups is 1. The molecule has 0 aliphatic carbocycles. The lowest BCUT2D eigenvalue weighted by Gasteiger charge is -2.24. The van der Waals surface area contributed by atoms with Crippen molar-refractivity contribution in [1.29, 1.82) is 0 Å². The van der Waals surface area contributed by atoms with E-state index in [2.05, 4.69) is 11.4 Å². The molecule has 150 valence electrons. The van der Waals surface area contributed by atoms with Gasteiger partial charge in [-0.15, -0.1) is 11.8 Å². The Bertz CT molecular complexity index is 1050. The monoisotopic (exact) mass is 409 g/mol. The van der Waals surface area contributed by atoms with Crippen LogP contribution in [-0.2, 0) is 16.1 Å². The summed E-state index contributed by atoms with van der Waals surface area (Å²) in [5.74, 6) is 1.64. The molecule has 1 aliphatic heterocycles. The van der Waals surface area contributed by atoms with Crippen LogP contribution in [-0.4, -0.2) is 46.1 Å². The van der Waals surface area contributed by atoms with E-state index in [-0.39, 0.29) is 18.4 Å². The number of para-hydroxylation sites is 1. The smallest absolute Gasteiger partial charge is 0.248 e. The molecule has 2 heterocycles. The minimum atomic E-state index is -0.475. The van der Waals surface area contributed by atoms with Gasteiger partial charge in [0.05, 0.1) is 13.0 Å². The summed E-state index contributed by atoms with van der Waals surface area (Å²) >= 11 is 1.60. The third-order valence-corrected chi connectivity index (χ3v) is 6.19. The normalized spacial score (nSPS) is 16.2. The van der Waals surface area contributed by atoms with Gasteiger partial charge >= 0.3 is 0 Å². The number of aryl methyl sites for hydroxylation is 1. The number of nitrogens with zero attached hydrogens (tertiary/aromatic N) is 2. The highest BCUT2D eigenvalue weighted by atomic mass is 32.2. The van der Waals surface area contributed by atoms with Gasteiger partial charge in [-0.25, -0.2) is 0 Å². The van der Waals surface area contributed by atoms with Crippen molar-refractivity contribution < 1.29 is 14.3 Å². The van der Waals surface area contributed by atoms with Crippen LogP contribution < -0.4 is 10.1 Å². The van der Waals surface area contributed by atoms with Crippen molar-refractivity contribution in [2.75, 3.05) is 24.1 Å². The van der Waals surface area contributed by atoms with E-state index in [0.717, 1.165) is 22.3 Å². The van der Waals surface area contributed by atoms with Crippen LogP contribution in [0.2, 0.25) is 0 Å². The van der Waals surface area contributed by atoms with Gasteiger partial charge in [0.1, 0.15) is 18.3 Å². The van der Waals surface area contributed by atoms with Crippen LogP contribution in [0.4, 0.5) is 5.69 Å². The molecule has 29 heavy (non-hydrogen) atoms. The molecule has 0 radical (unpaired) electrons. The van der Waals surface area contributed by atoms with Crippen LogP contribution in [0.25, 0.3) is 10.9 Å². The first-order valence-corrected chi connectivity index (χ1v) is 10.6. The number of amides is 2. The largest absolute Gasteiger partial charge is 0.497 e. The van der Waals surface area contributed by atoms with E-state index in [0.29, 0.717) is 17.3 Å². The summed E-state index contributed by atoms with van der Waals surface area (Å²) in [5.41, 5.74) is 2.75. The predicted octanol–water partition coefficient (Wildman–Crippen LogP) is 3.50. The van der Waals surface area contributed by atoms with E-state index in [1.54, 1.807) is 48.0 Å². The number of anilines is 1. The Hall–Kier alpha value is -2.93. The van der Waals surface area contributed by atoms with Crippen molar-refractivity contribution in [3.63, 3.8) is 0 Å². The first kappa shape index (κ1) is 19.4. The van der Waals surface area contributed by atoms with E-state index >= 15 is 0 Å². The van der Waals surface area contributed by atoms with Gasteiger partial charge in [0, 0.05) is 22.7 Å². The van der Waals surface area contributed by atoms with Crippen molar-refractivity contribution in [1.82, 2.24) is 9.47 Å². The fraction of sp³-hybridized carbons (Fsp3) is 0.273. The molecule has 6 nitrogen and oxygen atoms in total. The average Bonchev–Trinajstić information content (AvgIpc) is 3.34. The molecule has 1 aromatic heterocycles. The van der Waals surface area contributed by atoms with E-state index in [1.165, 1.54) is 0 Å². The zero-order chi connectivity index (χ0) is 20.4. The maximum Gasteiger partial charge on any atom is 0.248 e. The highest BCUT2D eigenvalue weighted by Crippen LogP contribution is 2.25. The van der Waals surface area contributed by atoms with Crippen LogP contribution >= 0.6 is 11.8 Å². The van der Waals surface area contributed by atoms with Gasteiger partial charge in [0.25, 0.3) is 0 Å². The summed E-state index contributed by atoms with van der Waals surface area (Å²) < 4.78 is 7.15. The fourth-order valence-electron chi connectivity index (χ4n) is 3.59. The summed E-state index contributed by atoms with van der Waals surface area (Å²) in [4.78, 5) is 27.5. The molecule has 1 aliphatic rings. The quantitative estimate of drug-likeness (QED) is 0.701. The van der Waals surface area contributed by atoms with Gasteiger partial charge in [-0.2, -0.15) is 0 Å². The molecule has 1 saturated heterocycles. The Kier molecular flexibility index (Phi) is 5.49. The number of hydrogen-bond donors (Lipinski definition) is 1. The van der Waals surface area contributed by atoms with Crippen LogP contribution in [0.5, 0.6) is 5.75 Å². The van der Waals surface area contributed by atoms with Gasteiger partial charge in [0.2, 0.25) is 11.8 Å². The van der Waals surface area contributed by atoms with Crippen molar-refractivity contribution in [2.45, 2.75) is 19.5 Å². The number of fused-ring (bicyclic) bond motifs is 1. The van der Waals surface area contributed by atoms with Crippen LogP contribution in [0, 0.1) is 6.92 Å². The maximum absolute atomic E-state index is 13.1. The maximum atomic E-state index is 13.1. The first-order valence-electron chi connectivity index (χ1n) is 9.44. The SMILES string of the molecule is COc1ccc(NC(=O)C2CSCN2C(=O)Cn2c(C)cc3ccccc32)cc1. The van der Waals surface area contributed by atoms with Gasteiger partial charge in [-0.1, -0.05) is 18.2 Å². The van der Waals surface area contributed by atoms with Crippen LogP contribution in [0.15, 0.2) is 54.6 Å². The number of rotatable bonds is 5. The molecule has 0 bridgehead atoms. The summed E-state index contributed by atoms with van der Waals surface area (Å²) in [7, 11) is 1.60. The second kappa shape index (κ2) is 8.21. The minimum Gasteiger partial charge on any atom is -0.497 e. The molecule has 1 atom stereocenters. The first-order chi connectivity index (χ1) is 14.1. The number of carbonyl (C=O) groups is 2. The zero-order valence-electron chi connectivity index (χ0n) is 16.4. The van der Waals surface area contributed by atoms with Gasteiger partial charge in [0.15, 0.2) is 0 Å². The number of ether oxygens (including phenoxy) is 1. The summed E-state index contributed by atoms with van der Waals surface area (Å²) in [5, 5.41) is 4.02. The molecule has 1 N–H and O–H groups in total. The van der Waals surface area contributed by atoms with Crippen molar-refractivity contribution >= 4 is 40.2 Å². The number of hydrogen-bond acceptors (Lipinski definition) is 4. The standard InChI is InChI=1S/C22H23N3O3S/c1-15-11-16-5-3-4-6-19(16)24(15)12-21(26)25-14-29-13-20(25)22(27)23-17-7-9-18(28-2)10-8-17/h3-11,20H,12-14H2,1-2H3,(H,23,27). The summed E-state index contributed by atoms with van der Waals surface area (Å²) in [6.45, 7) is 2.23. The van der Waals surface area contributed by atoms with E-state index < -0.39 is 6.04 Å². The summed E-state index contributed by atoms with van der Waals surface area (Å²) in [6.07, 6.45) is 0. The molecular formula is C22H23N3O3S. The molecule has 0 saturated carbocycles. The molecule has 4 rings (SSSR count). The molecule has 1 fully saturated rings. The van der Waals surface area contributed by atoms with Gasteiger partial charge in [-0.3, -0.25) is 9.59 Å². The molecule has 3 aromatic rings. The Morgan fingerprint density at radius 3 is 2.69 bits per heavy atom. The minimum absolute atomic E-state index is 0.0469. The van der Waals surface area contributed by atoms with Gasteiger partial charge in [-0.05, 0) is 48.7 Å². The lowest BCUT2D eigenvalue weighted by Crippen LogP contribution is -2.45. The Labute approximate surface area is 173 Å². The van der Waals surface area contributed by atoms with Gasteiger partial charge < -0.3 is 19.5 Å². The lowest BCUT2D eigenvalue weighted by molar-refractivity contribution is -0.136. The van der Waals surface area contributed by atoms with Crippen molar-refractivity contribution in [2.24, 2.45) is 0 Å².